The quantitative estimate of drug-likeness (QED) is 0.736. The van der Waals surface area contributed by atoms with Crippen LogP contribution in [-0.2, 0) is 6.54 Å². The van der Waals surface area contributed by atoms with Crippen molar-refractivity contribution in [1.29, 1.82) is 0 Å². The summed E-state index contributed by atoms with van der Waals surface area (Å²) in [4.78, 5) is 6.83. The van der Waals surface area contributed by atoms with Crippen LogP contribution in [0.25, 0.3) is 11.0 Å². The molecule has 0 saturated carbocycles. The van der Waals surface area contributed by atoms with Gasteiger partial charge in [0.1, 0.15) is 11.3 Å². The predicted molar refractivity (Wildman–Crippen MR) is 49.0 cm³/mol. The van der Waals surface area contributed by atoms with Crippen LogP contribution in [0.4, 0.5) is 4.39 Å². The SMILES string of the molecule is NCc1nc2c(F)c(Cl)ccc2[nH]1. The molecule has 2 aromatic rings. The molecular weight excluding hydrogens is 193 g/mol. The van der Waals surface area contributed by atoms with Crippen LogP contribution in [0.1, 0.15) is 5.82 Å². The average Bonchev–Trinajstić information content (AvgIpc) is 2.55. The van der Waals surface area contributed by atoms with E-state index in [9.17, 15) is 4.39 Å². The minimum absolute atomic E-state index is 0.0718. The number of nitrogens with one attached hydrogen (secondary N) is 1. The molecule has 0 unspecified atom stereocenters. The Kier molecular flexibility index (Phi) is 1.94. The molecule has 68 valence electrons. The maximum absolute atomic E-state index is 13.3. The fourth-order valence-corrected chi connectivity index (χ4v) is 1.32. The molecule has 1 aromatic heterocycles. The Morgan fingerprint density at radius 3 is 3.00 bits per heavy atom. The van der Waals surface area contributed by atoms with Crippen LogP contribution in [-0.4, -0.2) is 9.97 Å². The summed E-state index contributed by atoms with van der Waals surface area (Å²) in [6.07, 6.45) is 0. The zero-order chi connectivity index (χ0) is 9.42. The van der Waals surface area contributed by atoms with Gasteiger partial charge >= 0.3 is 0 Å². The molecule has 1 aromatic carbocycles. The highest BCUT2D eigenvalue weighted by Crippen LogP contribution is 2.22. The molecule has 0 aliphatic carbocycles. The highest BCUT2D eigenvalue weighted by Gasteiger charge is 2.09. The van der Waals surface area contributed by atoms with E-state index in [2.05, 4.69) is 9.97 Å². The van der Waals surface area contributed by atoms with Crippen LogP contribution < -0.4 is 5.73 Å². The molecule has 3 N–H and O–H groups in total. The number of benzene rings is 1. The maximum atomic E-state index is 13.3. The van der Waals surface area contributed by atoms with Crippen molar-refractivity contribution in [2.75, 3.05) is 0 Å². The first-order valence-corrected chi connectivity index (χ1v) is 4.13. The summed E-state index contributed by atoms with van der Waals surface area (Å²) < 4.78 is 13.3. The molecule has 1 heterocycles. The zero-order valence-electron chi connectivity index (χ0n) is 6.64. The van der Waals surface area contributed by atoms with Crippen molar-refractivity contribution in [3.63, 3.8) is 0 Å². The highest BCUT2D eigenvalue weighted by molar-refractivity contribution is 6.31. The van der Waals surface area contributed by atoms with Crippen molar-refractivity contribution >= 4 is 22.6 Å². The van der Waals surface area contributed by atoms with E-state index in [1.165, 1.54) is 6.07 Å². The Hall–Kier alpha value is -1.13. The molecule has 0 radical (unpaired) electrons. The van der Waals surface area contributed by atoms with E-state index in [4.69, 9.17) is 17.3 Å². The average molecular weight is 200 g/mol. The molecule has 0 bridgehead atoms. The molecule has 2 rings (SSSR count). The van der Waals surface area contributed by atoms with Gasteiger partial charge in [0.15, 0.2) is 5.82 Å². The van der Waals surface area contributed by atoms with Crippen LogP contribution in [0.3, 0.4) is 0 Å². The predicted octanol–water partition coefficient (Wildman–Crippen LogP) is 1.81. The Morgan fingerprint density at radius 1 is 1.54 bits per heavy atom. The third-order valence-corrected chi connectivity index (χ3v) is 2.08. The van der Waals surface area contributed by atoms with Gasteiger partial charge in [-0.1, -0.05) is 11.6 Å². The van der Waals surface area contributed by atoms with Crippen LogP contribution in [0.5, 0.6) is 0 Å². The summed E-state index contributed by atoms with van der Waals surface area (Å²) in [7, 11) is 0. The van der Waals surface area contributed by atoms with Gasteiger partial charge in [-0.05, 0) is 12.1 Å². The second-order valence-corrected chi connectivity index (χ2v) is 3.05. The smallest absolute Gasteiger partial charge is 0.169 e. The highest BCUT2D eigenvalue weighted by atomic mass is 35.5. The van der Waals surface area contributed by atoms with Gasteiger partial charge in [-0.3, -0.25) is 0 Å². The van der Waals surface area contributed by atoms with E-state index in [0.717, 1.165) is 0 Å². The molecule has 0 saturated heterocycles. The third-order valence-electron chi connectivity index (χ3n) is 1.79. The van der Waals surface area contributed by atoms with Crippen LogP contribution in [0, 0.1) is 5.82 Å². The van der Waals surface area contributed by atoms with Crippen LogP contribution >= 0.6 is 11.6 Å². The summed E-state index contributed by atoms with van der Waals surface area (Å²) in [5.41, 5.74) is 6.21. The number of H-pyrrole nitrogens is 1. The Bertz CT molecular complexity index is 452. The Balaban J connectivity index is 2.76. The first-order valence-electron chi connectivity index (χ1n) is 3.75. The zero-order valence-corrected chi connectivity index (χ0v) is 7.40. The largest absolute Gasteiger partial charge is 0.341 e. The van der Waals surface area contributed by atoms with E-state index in [-0.39, 0.29) is 17.1 Å². The van der Waals surface area contributed by atoms with Crippen molar-refractivity contribution < 1.29 is 4.39 Å². The lowest BCUT2D eigenvalue weighted by Gasteiger charge is -1.92. The number of imidazole rings is 1. The van der Waals surface area contributed by atoms with Crippen molar-refractivity contribution in [2.24, 2.45) is 5.73 Å². The molecule has 5 heteroatoms. The summed E-state index contributed by atoms with van der Waals surface area (Å²) in [5, 5.41) is 0.0718. The Morgan fingerprint density at radius 2 is 2.31 bits per heavy atom. The second-order valence-electron chi connectivity index (χ2n) is 2.65. The minimum Gasteiger partial charge on any atom is -0.341 e. The van der Waals surface area contributed by atoms with Gasteiger partial charge in [0.05, 0.1) is 17.1 Å². The van der Waals surface area contributed by atoms with Gasteiger partial charge < -0.3 is 10.7 Å². The number of fused-ring (bicyclic) bond motifs is 1. The molecule has 3 nitrogen and oxygen atoms in total. The minimum atomic E-state index is -0.505. The molecule has 0 aliphatic heterocycles. The molecule has 0 atom stereocenters. The first-order chi connectivity index (χ1) is 6.22. The van der Waals surface area contributed by atoms with E-state index < -0.39 is 5.82 Å². The molecule has 0 fully saturated rings. The number of nitrogens with two attached hydrogens (primary N) is 1. The van der Waals surface area contributed by atoms with Gasteiger partial charge in [-0.15, -0.1) is 0 Å². The van der Waals surface area contributed by atoms with Crippen molar-refractivity contribution in [1.82, 2.24) is 9.97 Å². The van der Waals surface area contributed by atoms with Crippen molar-refractivity contribution in [3.8, 4) is 0 Å². The summed E-state index contributed by atoms with van der Waals surface area (Å²) in [6, 6.07) is 3.16. The van der Waals surface area contributed by atoms with Crippen LogP contribution in [0.2, 0.25) is 5.02 Å². The van der Waals surface area contributed by atoms with Crippen LogP contribution in [0.15, 0.2) is 12.1 Å². The van der Waals surface area contributed by atoms with Gasteiger partial charge in [-0.25, -0.2) is 9.37 Å². The lowest BCUT2D eigenvalue weighted by Crippen LogP contribution is -1.97. The lowest BCUT2D eigenvalue weighted by atomic mass is 10.3. The van der Waals surface area contributed by atoms with E-state index >= 15 is 0 Å². The number of aromatic nitrogens is 2. The molecule has 0 aliphatic rings. The number of nitrogens with zero attached hydrogens (tertiary/aromatic N) is 1. The summed E-state index contributed by atoms with van der Waals surface area (Å²) in [6.45, 7) is 0.256. The Labute approximate surface area is 78.7 Å². The molecule has 0 amide bonds. The van der Waals surface area contributed by atoms with Crippen molar-refractivity contribution in [2.45, 2.75) is 6.54 Å². The molecule has 13 heavy (non-hydrogen) atoms. The number of hydrogen-bond donors (Lipinski definition) is 2. The summed E-state index contributed by atoms with van der Waals surface area (Å²) in [5.74, 6) is 0.0475. The van der Waals surface area contributed by atoms with Gasteiger partial charge in [-0.2, -0.15) is 0 Å². The van der Waals surface area contributed by atoms with Gasteiger partial charge in [0, 0.05) is 0 Å². The fraction of sp³-hybridized carbons (Fsp3) is 0.125. The number of hydrogen-bond acceptors (Lipinski definition) is 2. The third kappa shape index (κ3) is 1.28. The lowest BCUT2D eigenvalue weighted by molar-refractivity contribution is 0.637. The van der Waals surface area contributed by atoms with Crippen molar-refractivity contribution in [3.05, 3.63) is 28.8 Å². The number of halogens is 2. The second kappa shape index (κ2) is 2.97. The number of aromatic amines is 1. The van der Waals surface area contributed by atoms with Gasteiger partial charge in [0.25, 0.3) is 0 Å². The van der Waals surface area contributed by atoms with E-state index in [1.54, 1.807) is 6.07 Å². The fourth-order valence-electron chi connectivity index (χ4n) is 1.17. The maximum Gasteiger partial charge on any atom is 0.169 e. The molecular formula is C8H7ClFN3. The number of rotatable bonds is 1. The van der Waals surface area contributed by atoms with Gasteiger partial charge in [0.2, 0.25) is 0 Å². The van der Waals surface area contributed by atoms with E-state index in [0.29, 0.717) is 11.3 Å². The summed E-state index contributed by atoms with van der Waals surface area (Å²) >= 11 is 5.58. The normalized spacial score (nSPS) is 11.0. The topological polar surface area (TPSA) is 54.7 Å². The monoisotopic (exact) mass is 199 g/mol. The first kappa shape index (κ1) is 8.47. The standard InChI is InChI=1S/C8H7ClFN3/c9-4-1-2-5-8(7(4)10)13-6(3-11)12-5/h1-2H,3,11H2,(H,12,13). The molecule has 0 spiro atoms. The van der Waals surface area contributed by atoms with E-state index in [1.807, 2.05) is 0 Å².